The molecule has 0 spiro atoms. The van der Waals surface area contributed by atoms with E-state index >= 15 is 0 Å². The number of methoxy groups -OCH3 is 2. The normalized spacial score (nSPS) is 17.7. The molecule has 64 heavy (non-hydrogen) atoms. The van der Waals surface area contributed by atoms with Gasteiger partial charge in [-0.3, -0.25) is 0 Å². The molecule has 12 heteroatoms. The molecule has 6 aromatic rings. The van der Waals surface area contributed by atoms with Crippen molar-refractivity contribution in [1.29, 1.82) is 0 Å². The summed E-state index contributed by atoms with van der Waals surface area (Å²) in [6.45, 7) is 2.77. The molecule has 332 valence electrons. The number of alkyl halides is 6. The molecule has 1 fully saturated rings. The highest BCUT2D eigenvalue weighted by Crippen LogP contribution is 2.62. The van der Waals surface area contributed by atoms with Gasteiger partial charge in [-0.1, -0.05) is 84.6 Å². The summed E-state index contributed by atoms with van der Waals surface area (Å²) < 4.78 is 109. The minimum Gasteiger partial charge on any atom is -0.497 e. The van der Waals surface area contributed by atoms with Gasteiger partial charge in [0.15, 0.2) is 5.60 Å². The second kappa shape index (κ2) is 17.4. The number of nitrogens with zero attached hydrogens (tertiary/aromatic N) is 1. The number of anilines is 1. The third-order valence-electron chi connectivity index (χ3n) is 12.8. The summed E-state index contributed by atoms with van der Waals surface area (Å²) in [5, 5.41) is 1.46. The number of ether oxygens (including phenoxy) is 4. The first-order valence-corrected chi connectivity index (χ1v) is 22.3. The van der Waals surface area contributed by atoms with E-state index in [9.17, 15) is 26.3 Å². The van der Waals surface area contributed by atoms with E-state index in [-0.39, 0.29) is 25.7 Å². The van der Waals surface area contributed by atoms with Crippen molar-refractivity contribution in [3.63, 3.8) is 0 Å². The second-order valence-electron chi connectivity index (χ2n) is 16.6. The Kier molecular flexibility index (Phi) is 11.9. The van der Waals surface area contributed by atoms with Crippen LogP contribution in [0.2, 0.25) is 0 Å². The molecule has 0 saturated carbocycles. The number of hydrogen-bond donors (Lipinski definition) is 0. The first-order chi connectivity index (χ1) is 30.8. The molecule has 9 rings (SSSR count). The Morgan fingerprint density at radius 3 is 1.95 bits per heavy atom. The Labute approximate surface area is 373 Å². The summed E-state index contributed by atoms with van der Waals surface area (Å²) in [7, 11) is 3.20. The maximum absolute atomic E-state index is 14.0. The summed E-state index contributed by atoms with van der Waals surface area (Å²) in [6, 6.07) is 37.2. The average molecular weight is 896 g/mol. The Morgan fingerprint density at radius 1 is 0.703 bits per heavy atom. The van der Waals surface area contributed by atoms with E-state index in [1.54, 1.807) is 14.2 Å². The van der Waals surface area contributed by atoms with Gasteiger partial charge in [0.1, 0.15) is 17.2 Å². The average Bonchev–Trinajstić information content (AvgIpc) is 3.58. The lowest BCUT2D eigenvalue weighted by molar-refractivity contribution is -0.136. The van der Waals surface area contributed by atoms with E-state index in [1.807, 2.05) is 115 Å². The topological polar surface area (TPSA) is 40.2 Å². The summed E-state index contributed by atoms with van der Waals surface area (Å²) in [4.78, 5) is 4.02. The number of hydrogen-bond acceptors (Lipinski definition) is 6. The number of benzene rings is 6. The number of morpholine rings is 1. The fourth-order valence-electron chi connectivity index (χ4n) is 9.91. The van der Waals surface area contributed by atoms with Crippen LogP contribution in [0.3, 0.4) is 0 Å². The summed E-state index contributed by atoms with van der Waals surface area (Å²) in [6.07, 6.45) is -7.66. The fraction of sp³-hybridized carbons (Fsp3) is 0.308. The van der Waals surface area contributed by atoms with E-state index in [0.717, 1.165) is 61.8 Å². The third kappa shape index (κ3) is 8.30. The second-order valence-corrected chi connectivity index (χ2v) is 17.7. The van der Waals surface area contributed by atoms with Gasteiger partial charge in [0.25, 0.3) is 0 Å². The van der Waals surface area contributed by atoms with Crippen LogP contribution < -0.4 is 19.1 Å². The van der Waals surface area contributed by atoms with Crippen LogP contribution in [-0.2, 0) is 15.8 Å². The lowest BCUT2D eigenvalue weighted by Crippen LogP contribution is -2.37. The van der Waals surface area contributed by atoms with Crippen molar-refractivity contribution >= 4 is 34.3 Å². The molecule has 1 saturated heterocycles. The van der Waals surface area contributed by atoms with E-state index in [2.05, 4.69) is 17.0 Å². The van der Waals surface area contributed by atoms with Crippen molar-refractivity contribution in [3.8, 4) is 28.4 Å². The van der Waals surface area contributed by atoms with Crippen LogP contribution in [0, 0.1) is 0 Å². The highest BCUT2D eigenvalue weighted by atomic mass is 32.2. The highest BCUT2D eigenvalue weighted by molar-refractivity contribution is 7.99. The first kappa shape index (κ1) is 43.7. The SMILES string of the molecule is COc1ccc(C2(c3ccc(N4CCOCC4)cc3)C=Cc3c4c(c5cc(Sc6ccccc6)c(OC)cc5c3O2)-c2ccccc2C4(CCCC(F)(F)F)CCCC(F)(F)F)cc1. The smallest absolute Gasteiger partial charge is 0.389 e. The molecule has 5 nitrogen and oxygen atoms in total. The van der Waals surface area contributed by atoms with E-state index < -0.39 is 36.2 Å². The van der Waals surface area contributed by atoms with E-state index in [1.165, 1.54) is 11.8 Å². The molecule has 1 aliphatic carbocycles. The Hall–Kier alpha value is -5.59. The molecule has 0 bridgehead atoms. The van der Waals surface area contributed by atoms with Crippen molar-refractivity contribution in [2.24, 2.45) is 0 Å². The molecule has 0 N–H and O–H groups in total. The number of fused-ring (bicyclic) bond motifs is 8. The molecule has 2 heterocycles. The minimum atomic E-state index is -4.45. The molecule has 1 unspecified atom stereocenters. The maximum atomic E-state index is 14.0. The zero-order chi connectivity index (χ0) is 44.7. The predicted octanol–water partition coefficient (Wildman–Crippen LogP) is 13.9. The van der Waals surface area contributed by atoms with Crippen molar-refractivity contribution < 1.29 is 45.3 Å². The molecule has 6 aromatic carbocycles. The lowest BCUT2D eigenvalue weighted by atomic mass is 9.68. The molecule has 1 atom stereocenters. The van der Waals surface area contributed by atoms with E-state index in [0.29, 0.717) is 47.0 Å². The maximum Gasteiger partial charge on any atom is 0.389 e. The fourth-order valence-corrected chi connectivity index (χ4v) is 10.9. The van der Waals surface area contributed by atoms with Crippen LogP contribution in [0.5, 0.6) is 17.2 Å². The summed E-state index contributed by atoms with van der Waals surface area (Å²) in [5.74, 6) is 1.70. The van der Waals surface area contributed by atoms with Gasteiger partial charge in [-0.15, -0.1) is 0 Å². The first-order valence-electron chi connectivity index (χ1n) is 21.5. The van der Waals surface area contributed by atoms with Crippen molar-refractivity contribution in [3.05, 3.63) is 149 Å². The lowest BCUT2D eigenvalue weighted by Gasteiger charge is -2.40. The van der Waals surface area contributed by atoms with E-state index in [4.69, 9.17) is 18.9 Å². The quantitative estimate of drug-likeness (QED) is 0.108. The van der Waals surface area contributed by atoms with Gasteiger partial charge in [0.05, 0.1) is 32.3 Å². The van der Waals surface area contributed by atoms with Crippen molar-refractivity contribution in [2.75, 3.05) is 45.4 Å². The standard InChI is InChI=1S/C52H47F6NO4S/c1-60-37-20-16-35(17-21-37)50(34-14-18-36(19-15-34)59-28-30-62-31-29-59)27-22-40-47-46(41-33-45(64-38-10-4-3-5-11-38)44(61-2)32-42(41)48(40)63-50)39-12-6-7-13-43(39)49(47,23-8-25-51(53,54)55)24-9-26-52(56,57)58/h3-7,10-22,27,32-33H,8-9,23-26,28-31H2,1-2H3. The van der Waals surface area contributed by atoms with Crippen LogP contribution in [0.15, 0.2) is 131 Å². The van der Waals surface area contributed by atoms with Gasteiger partial charge in [-0.25, -0.2) is 0 Å². The minimum absolute atomic E-state index is 0.0193. The van der Waals surface area contributed by atoms with Gasteiger partial charge in [0, 0.05) is 64.0 Å². The summed E-state index contributed by atoms with van der Waals surface area (Å²) >= 11 is 1.51. The molecule has 3 aliphatic rings. The van der Waals surface area contributed by atoms with Gasteiger partial charge >= 0.3 is 12.4 Å². The van der Waals surface area contributed by atoms with Crippen LogP contribution in [-0.4, -0.2) is 52.9 Å². The van der Waals surface area contributed by atoms with Gasteiger partial charge in [0.2, 0.25) is 0 Å². The molecule has 2 aliphatic heterocycles. The van der Waals surface area contributed by atoms with Crippen LogP contribution in [0.4, 0.5) is 32.0 Å². The van der Waals surface area contributed by atoms with Gasteiger partial charge < -0.3 is 23.8 Å². The Balaban J connectivity index is 1.32. The van der Waals surface area contributed by atoms with Crippen LogP contribution in [0.25, 0.3) is 28.0 Å². The molecule has 0 amide bonds. The van der Waals surface area contributed by atoms with Crippen LogP contribution in [0.1, 0.15) is 66.3 Å². The Morgan fingerprint density at radius 2 is 1.33 bits per heavy atom. The summed E-state index contributed by atoms with van der Waals surface area (Å²) in [5.41, 5.74) is 3.79. The highest BCUT2D eigenvalue weighted by Gasteiger charge is 2.49. The monoisotopic (exact) mass is 895 g/mol. The zero-order valence-corrected chi connectivity index (χ0v) is 36.3. The predicted molar refractivity (Wildman–Crippen MR) is 240 cm³/mol. The Bertz CT molecular complexity index is 2640. The molecule has 0 aromatic heterocycles. The number of halogens is 6. The molecular weight excluding hydrogens is 849 g/mol. The van der Waals surface area contributed by atoms with Crippen molar-refractivity contribution in [2.45, 2.75) is 71.7 Å². The van der Waals surface area contributed by atoms with Crippen molar-refractivity contribution in [1.82, 2.24) is 0 Å². The molecule has 0 radical (unpaired) electrons. The van der Waals surface area contributed by atoms with Gasteiger partial charge in [-0.2, -0.15) is 26.3 Å². The number of rotatable bonds is 13. The van der Waals surface area contributed by atoms with Gasteiger partial charge in [-0.05, 0) is 108 Å². The van der Waals surface area contributed by atoms with Crippen LogP contribution >= 0.6 is 11.8 Å². The molecular formula is C52H47F6NO4S. The zero-order valence-electron chi connectivity index (χ0n) is 35.5. The third-order valence-corrected chi connectivity index (χ3v) is 13.9. The largest absolute Gasteiger partial charge is 0.497 e.